The summed E-state index contributed by atoms with van der Waals surface area (Å²) in [6.45, 7) is 0. The molecule has 23 heavy (non-hydrogen) atoms. The summed E-state index contributed by atoms with van der Waals surface area (Å²) in [6, 6.07) is 15.7. The van der Waals surface area contributed by atoms with Gasteiger partial charge >= 0.3 is 0 Å². The molecule has 6 heteroatoms. The third-order valence-electron chi connectivity index (χ3n) is 3.27. The van der Waals surface area contributed by atoms with Crippen LogP contribution in [0.25, 0.3) is 6.08 Å². The van der Waals surface area contributed by atoms with Crippen molar-refractivity contribution >= 4 is 73.7 Å². The first-order valence-corrected chi connectivity index (χ1v) is 10.0. The van der Waals surface area contributed by atoms with Crippen molar-refractivity contribution in [1.29, 1.82) is 0 Å². The summed E-state index contributed by atoms with van der Waals surface area (Å²) in [7, 11) is 0. The van der Waals surface area contributed by atoms with Gasteiger partial charge in [0.2, 0.25) is 0 Å². The van der Waals surface area contributed by atoms with Gasteiger partial charge in [-0.25, -0.2) is 0 Å². The van der Waals surface area contributed by atoms with Crippen LogP contribution in [0.15, 0.2) is 62.8 Å². The van der Waals surface area contributed by atoms with Crippen LogP contribution in [-0.2, 0) is 4.79 Å². The molecule has 2 aromatic rings. The monoisotopic (exact) mass is 421 g/mol. The number of benzene rings is 2. The van der Waals surface area contributed by atoms with Crippen molar-refractivity contribution in [2.24, 2.45) is 0 Å². The van der Waals surface area contributed by atoms with Gasteiger partial charge < -0.3 is 0 Å². The van der Waals surface area contributed by atoms with E-state index in [-0.39, 0.29) is 5.91 Å². The molecule has 0 N–H and O–H groups in total. The lowest BCUT2D eigenvalue weighted by Gasteiger charge is -2.15. The van der Waals surface area contributed by atoms with E-state index in [4.69, 9.17) is 12.2 Å². The minimum atomic E-state index is -0.0684. The Labute approximate surface area is 157 Å². The first kappa shape index (κ1) is 16.8. The van der Waals surface area contributed by atoms with Crippen LogP contribution in [0.5, 0.6) is 0 Å². The maximum absolute atomic E-state index is 12.7. The van der Waals surface area contributed by atoms with E-state index in [1.165, 1.54) is 11.8 Å². The SMILES string of the molecule is CSc1cccc(N2C(=O)/C(=C\c3ccc(Br)cc3)SC2=S)c1. The van der Waals surface area contributed by atoms with Crippen molar-refractivity contribution < 1.29 is 4.79 Å². The molecular formula is C17H12BrNOS3. The highest BCUT2D eigenvalue weighted by Crippen LogP contribution is 2.37. The molecule has 1 aliphatic heterocycles. The standard InChI is InChI=1S/C17H12BrNOS3/c1-22-14-4-2-3-13(10-14)19-16(20)15(23-17(19)21)9-11-5-7-12(18)8-6-11/h2-10H,1H3/b15-9+. The van der Waals surface area contributed by atoms with Crippen LogP contribution in [0.2, 0.25) is 0 Å². The fraction of sp³-hybridized carbons (Fsp3) is 0.0588. The molecule has 0 radical (unpaired) electrons. The summed E-state index contributed by atoms with van der Waals surface area (Å²) >= 11 is 11.8. The van der Waals surface area contributed by atoms with Crippen LogP contribution < -0.4 is 4.90 Å². The van der Waals surface area contributed by atoms with Crippen LogP contribution in [0.3, 0.4) is 0 Å². The Balaban J connectivity index is 1.91. The number of thiocarbonyl (C=S) groups is 1. The molecule has 0 unspecified atom stereocenters. The van der Waals surface area contributed by atoms with Gasteiger partial charge in [-0.05, 0) is 48.2 Å². The molecule has 0 spiro atoms. The molecule has 0 aromatic heterocycles. The zero-order chi connectivity index (χ0) is 16.4. The molecule has 1 heterocycles. The minimum absolute atomic E-state index is 0.0684. The molecule has 1 amide bonds. The second-order valence-corrected chi connectivity index (χ2v) is 8.24. The average molecular weight is 422 g/mol. The number of hydrogen-bond donors (Lipinski definition) is 0. The van der Waals surface area contributed by atoms with Gasteiger partial charge in [0.15, 0.2) is 4.32 Å². The third-order valence-corrected chi connectivity index (χ3v) is 5.83. The largest absolute Gasteiger partial charge is 0.270 e. The van der Waals surface area contributed by atoms with Crippen LogP contribution in [-0.4, -0.2) is 16.5 Å². The predicted octanol–water partition coefficient (Wildman–Crippen LogP) is 5.58. The second-order valence-electron chi connectivity index (χ2n) is 4.77. The lowest BCUT2D eigenvalue weighted by Crippen LogP contribution is -2.27. The summed E-state index contributed by atoms with van der Waals surface area (Å²) in [5.41, 5.74) is 1.80. The number of carbonyl (C=O) groups excluding carboxylic acids is 1. The van der Waals surface area contributed by atoms with Crippen LogP contribution in [0, 0.1) is 0 Å². The van der Waals surface area contributed by atoms with Crippen molar-refractivity contribution in [3.63, 3.8) is 0 Å². The molecule has 0 saturated carbocycles. The molecule has 2 nitrogen and oxygen atoms in total. The molecule has 1 saturated heterocycles. The fourth-order valence-electron chi connectivity index (χ4n) is 2.15. The lowest BCUT2D eigenvalue weighted by atomic mass is 10.2. The molecule has 0 atom stereocenters. The van der Waals surface area contributed by atoms with E-state index in [0.717, 1.165) is 20.6 Å². The summed E-state index contributed by atoms with van der Waals surface area (Å²) in [4.78, 5) is 16.1. The van der Waals surface area contributed by atoms with Gasteiger partial charge in [-0.2, -0.15) is 0 Å². The van der Waals surface area contributed by atoms with Gasteiger partial charge in [0.25, 0.3) is 5.91 Å². The van der Waals surface area contributed by atoms with E-state index in [0.29, 0.717) is 9.23 Å². The van der Waals surface area contributed by atoms with E-state index < -0.39 is 0 Å². The molecule has 116 valence electrons. The van der Waals surface area contributed by atoms with Gasteiger partial charge in [0.1, 0.15) is 0 Å². The van der Waals surface area contributed by atoms with E-state index in [1.54, 1.807) is 16.7 Å². The van der Waals surface area contributed by atoms with Crippen molar-refractivity contribution in [1.82, 2.24) is 0 Å². The Hall–Kier alpha value is -1.08. The first-order valence-electron chi connectivity index (χ1n) is 6.76. The van der Waals surface area contributed by atoms with Crippen molar-refractivity contribution in [3.05, 3.63) is 63.5 Å². The molecule has 1 aliphatic rings. The first-order chi connectivity index (χ1) is 11.1. The van der Waals surface area contributed by atoms with E-state index in [9.17, 15) is 4.79 Å². The van der Waals surface area contributed by atoms with Gasteiger partial charge in [-0.1, -0.05) is 58.1 Å². The highest BCUT2D eigenvalue weighted by atomic mass is 79.9. The van der Waals surface area contributed by atoms with Gasteiger partial charge in [-0.15, -0.1) is 11.8 Å². The number of amides is 1. The molecule has 0 bridgehead atoms. The summed E-state index contributed by atoms with van der Waals surface area (Å²) in [6.07, 6.45) is 3.89. The maximum atomic E-state index is 12.7. The van der Waals surface area contributed by atoms with Crippen LogP contribution in [0.1, 0.15) is 5.56 Å². The van der Waals surface area contributed by atoms with E-state index >= 15 is 0 Å². The Bertz CT molecular complexity index is 802. The number of thioether (sulfide) groups is 2. The average Bonchev–Trinajstić information content (AvgIpc) is 2.83. The number of halogens is 1. The van der Waals surface area contributed by atoms with Gasteiger partial charge in [0.05, 0.1) is 10.6 Å². The number of nitrogens with zero attached hydrogens (tertiary/aromatic N) is 1. The van der Waals surface area contributed by atoms with Gasteiger partial charge in [-0.3, -0.25) is 9.69 Å². The predicted molar refractivity (Wildman–Crippen MR) is 108 cm³/mol. The zero-order valence-corrected chi connectivity index (χ0v) is 16.2. The quantitative estimate of drug-likeness (QED) is 0.366. The zero-order valence-electron chi connectivity index (χ0n) is 12.2. The third kappa shape index (κ3) is 3.71. The van der Waals surface area contributed by atoms with Crippen LogP contribution in [0.4, 0.5) is 5.69 Å². The van der Waals surface area contributed by atoms with E-state index in [2.05, 4.69) is 15.9 Å². The smallest absolute Gasteiger partial charge is 0.268 e. The molecule has 3 rings (SSSR count). The number of anilines is 1. The number of rotatable bonds is 3. The molecule has 0 aliphatic carbocycles. The van der Waals surface area contributed by atoms with Crippen LogP contribution >= 0.6 is 51.7 Å². The number of carbonyl (C=O) groups is 1. The van der Waals surface area contributed by atoms with Crippen molar-refractivity contribution in [2.75, 3.05) is 11.2 Å². The molecule has 1 fully saturated rings. The second kappa shape index (κ2) is 7.21. The van der Waals surface area contributed by atoms with E-state index in [1.807, 2.05) is 60.9 Å². The summed E-state index contributed by atoms with van der Waals surface area (Å²) in [5.74, 6) is -0.0684. The molecular weight excluding hydrogens is 410 g/mol. The Morgan fingerprint density at radius 1 is 1.22 bits per heavy atom. The highest BCUT2D eigenvalue weighted by Gasteiger charge is 2.33. The molecule has 2 aromatic carbocycles. The van der Waals surface area contributed by atoms with Crippen molar-refractivity contribution in [2.45, 2.75) is 4.90 Å². The number of hydrogen-bond acceptors (Lipinski definition) is 4. The van der Waals surface area contributed by atoms with Gasteiger partial charge in [0, 0.05) is 9.37 Å². The fourth-order valence-corrected chi connectivity index (χ4v) is 4.17. The Morgan fingerprint density at radius 2 is 1.96 bits per heavy atom. The Morgan fingerprint density at radius 3 is 2.65 bits per heavy atom. The highest BCUT2D eigenvalue weighted by molar-refractivity contribution is 9.10. The minimum Gasteiger partial charge on any atom is -0.268 e. The lowest BCUT2D eigenvalue weighted by molar-refractivity contribution is -0.113. The topological polar surface area (TPSA) is 20.3 Å². The Kier molecular flexibility index (Phi) is 5.26. The summed E-state index contributed by atoms with van der Waals surface area (Å²) in [5, 5.41) is 0. The van der Waals surface area contributed by atoms with Crippen molar-refractivity contribution in [3.8, 4) is 0 Å². The normalized spacial score (nSPS) is 16.4. The maximum Gasteiger partial charge on any atom is 0.270 e. The summed E-state index contributed by atoms with van der Waals surface area (Å²) < 4.78 is 1.58.